The third-order valence-corrected chi connectivity index (χ3v) is 4.85. The van der Waals surface area contributed by atoms with E-state index in [2.05, 4.69) is 56.6 Å². The van der Waals surface area contributed by atoms with Crippen molar-refractivity contribution < 1.29 is 9.84 Å². The van der Waals surface area contributed by atoms with Gasteiger partial charge in [0.15, 0.2) is 0 Å². The molecule has 4 heteroatoms. The Hall–Kier alpha value is -1.10. The van der Waals surface area contributed by atoms with Gasteiger partial charge in [-0.25, -0.2) is 0 Å². The number of piperazine rings is 1. The standard InChI is InChI=1S/C20H34N2O2/c1-6-21-9-11-22(12-10-21)14-18(23)15-24-19-8-7-17(13-16(19)2)20(3,4)5/h7-8,13,18,23H,6,9-12,14-15H2,1-5H3. The monoisotopic (exact) mass is 334 g/mol. The average Bonchev–Trinajstić information content (AvgIpc) is 2.53. The summed E-state index contributed by atoms with van der Waals surface area (Å²) in [4.78, 5) is 4.77. The molecular weight excluding hydrogens is 300 g/mol. The number of ether oxygens (including phenoxy) is 1. The molecule has 1 saturated heterocycles. The number of likely N-dealkylation sites (N-methyl/N-ethyl adjacent to an activating group) is 1. The molecule has 0 amide bonds. The van der Waals surface area contributed by atoms with E-state index in [1.807, 2.05) is 6.07 Å². The van der Waals surface area contributed by atoms with E-state index in [9.17, 15) is 5.11 Å². The first-order chi connectivity index (χ1) is 11.3. The zero-order valence-electron chi connectivity index (χ0n) is 16.0. The van der Waals surface area contributed by atoms with Crippen molar-refractivity contribution in [1.82, 2.24) is 9.80 Å². The lowest BCUT2D eigenvalue weighted by molar-refractivity contribution is 0.0469. The van der Waals surface area contributed by atoms with Crippen molar-refractivity contribution in [2.75, 3.05) is 45.9 Å². The van der Waals surface area contributed by atoms with Crippen LogP contribution in [-0.4, -0.2) is 66.9 Å². The largest absolute Gasteiger partial charge is 0.491 e. The summed E-state index contributed by atoms with van der Waals surface area (Å²) in [5.74, 6) is 0.873. The lowest BCUT2D eigenvalue weighted by Gasteiger charge is -2.34. The molecule has 1 aliphatic heterocycles. The molecule has 0 saturated carbocycles. The molecule has 1 fully saturated rings. The van der Waals surface area contributed by atoms with Crippen LogP contribution in [0.15, 0.2) is 18.2 Å². The number of aryl methyl sites for hydroxylation is 1. The maximum absolute atomic E-state index is 10.3. The molecule has 1 aromatic rings. The van der Waals surface area contributed by atoms with Gasteiger partial charge < -0.3 is 14.7 Å². The van der Waals surface area contributed by atoms with Crippen molar-refractivity contribution in [1.29, 1.82) is 0 Å². The predicted molar refractivity (Wildman–Crippen MR) is 99.9 cm³/mol. The summed E-state index contributed by atoms with van der Waals surface area (Å²) in [6.07, 6.45) is -0.445. The van der Waals surface area contributed by atoms with E-state index in [0.29, 0.717) is 13.2 Å². The second kappa shape index (κ2) is 8.32. The second-order valence-electron chi connectivity index (χ2n) is 7.93. The molecular formula is C20H34N2O2. The summed E-state index contributed by atoms with van der Waals surface area (Å²) in [6, 6.07) is 6.34. The van der Waals surface area contributed by atoms with E-state index >= 15 is 0 Å². The molecule has 0 aromatic heterocycles. The number of rotatable bonds is 6. The minimum atomic E-state index is -0.445. The van der Waals surface area contributed by atoms with Crippen LogP contribution < -0.4 is 4.74 Å². The summed E-state index contributed by atoms with van der Waals surface area (Å²) in [5.41, 5.74) is 2.58. The Bertz CT molecular complexity index is 517. The number of benzene rings is 1. The summed E-state index contributed by atoms with van der Waals surface area (Å²) in [7, 11) is 0. The van der Waals surface area contributed by atoms with Crippen molar-refractivity contribution in [2.45, 2.75) is 46.1 Å². The molecule has 0 bridgehead atoms. The molecule has 0 spiro atoms. The van der Waals surface area contributed by atoms with E-state index in [0.717, 1.165) is 44.0 Å². The molecule has 1 atom stereocenters. The Labute approximate surface area is 147 Å². The quantitative estimate of drug-likeness (QED) is 0.868. The summed E-state index contributed by atoms with van der Waals surface area (Å²) in [6.45, 7) is 17.3. The lowest BCUT2D eigenvalue weighted by Crippen LogP contribution is -2.49. The summed E-state index contributed by atoms with van der Waals surface area (Å²) < 4.78 is 5.86. The minimum Gasteiger partial charge on any atom is -0.491 e. The van der Waals surface area contributed by atoms with E-state index in [1.165, 1.54) is 5.56 Å². The Kier molecular flexibility index (Phi) is 6.67. The Balaban J connectivity index is 1.80. The van der Waals surface area contributed by atoms with E-state index in [-0.39, 0.29) is 5.41 Å². The van der Waals surface area contributed by atoms with Crippen molar-refractivity contribution in [2.24, 2.45) is 0 Å². The molecule has 136 valence electrons. The summed E-state index contributed by atoms with van der Waals surface area (Å²) >= 11 is 0. The number of nitrogens with zero attached hydrogens (tertiary/aromatic N) is 2. The molecule has 0 aliphatic carbocycles. The Morgan fingerprint density at radius 1 is 1.12 bits per heavy atom. The van der Waals surface area contributed by atoms with Gasteiger partial charge in [0.25, 0.3) is 0 Å². The van der Waals surface area contributed by atoms with Gasteiger partial charge in [-0.3, -0.25) is 4.90 Å². The van der Waals surface area contributed by atoms with Gasteiger partial charge >= 0.3 is 0 Å². The SMILES string of the molecule is CCN1CCN(CC(O)COc2ccc(C(C)(C)C)cc2C)CC1. The van der Waals surface area contributed by atoms with Crippen LogP contribution in [0.25, 0.3) is 0 Å². The first-order valence-electron chi connectivity index (χ1n) is 9.16. The number of aliphatic hydroxyl groups excluding tert-OH is 1. The molecule has 2 rings (SSSR count). The fourth-order valence-corrected chi connectivity index (χ4v) is 3.10. The number of hydrogen-bond donors (Lipinski definition) is 1. The van der Waals surface area contributed by atoms with Gasteiger partial charge in [-0.15, -0.1) is 0 Å². The predicted octanol–water partition coefficient (Wildman–Crippen LogP) is 2.67. The zero-order valence-corrected chi connectivity index (χ0v) is 16.0. The highest BCUT2D eigenvalue weighted by Gasteiger charge is 2.19. The van der Waals surface area contributed by atoms with Gasteiger partial charge in [-0.1, -0.05) is 39.8 Å². The highest BCUT2D eigenvalue weighted by atomic mass is 16.5. The van der Waals surface area contributed by atoms with Crippen molar-refractivity contribution in [3.05, 3.63) is 29.3 Å². The maximum atomic E-state index is 10.3. The fraction of sp³-hybridized carbons (Fsp3) is 0.700. The zero-order chi connectivity index (χ0) is 17.7. The van der Waals surface area contributed by atoms with Crippen LogP contribution in [0, 0.1) is 6.92 Å². The third kappa shape index (κ3) is 5.47. The fourth-order valence-electron chi connectivity index (χ4n) is 3.10. The van der Waals surface area contributed by atoms with Crippen molar-refractivity contribution in [3.8, 4) is 5.75 Å². The normalized spacial score (nSPS) is 18.6. The Morgan fingerprint density at radius 3 is 2.29 bits per heavy atom. The molecule has 4 nitrogen and oxygen atoms in total. The molecule has 24 heavy (non-hydrogen) atoms. The second-order valence-corrected chi connectivity index (χ2v) is 7.93. The minimum absolute atomic E-state index is 0.142. The Morgan fingerprint density at radius 2 is 1.75 bits per heavy atom. The van der Waals surface area contributed by atoms with Gasteiger partial charge in [0.05, 0.1) is 0 Å². The van der Waals surface area contributed by atoms with E-state index in [4.69, 9.17) is 4.74 Å². The molecule has 1 heterocycles. The van der Waals surface area contributed by atoms with Crippen LogP contribution in [0.5, 0.6) is 5.75 Å². The first kappa shape index (κ1) is 19.2. The van der Waals surface area contributed by atoms with Crippen LogP contribution in [0.2, 0.25) is 0 Å². The smallest absolute Gasteiger partial charge is 0.122 e. The van der Waals surface area contributed by atoms with Gasteiger partial charge in [0.2, 0.25) is 0 Å². The first-order valence-corrected chi connectivity index (χ1v) is 9.16. The van der Waals surface area contributed by atoms with Crippen LogP contribution >= 0.6 is 0 Å². The van der Waals surface area contributed by atoms with Crippen LogP contribution in [0.3, 0.4) is 0 Å². The average molecular weight is 335 g/mol. The van der Waals surface area contributed by atoms with Crippen molar-refractivity contribution in [3.63, 3.8) is 0 Å². The topological polar surface area (TPSA) is 35.9 Å². The van der Waals surface area contributed by atoms with Gasteiger partial charge in [-0.2, -0.15) is 0 Å². The lowest BCUT2D eigenvalue weighted by atomic mass is 9.86. The number of β-amino-alcohol motifs (C(OH)–C–C–N with tert-alkyl or cyclic N) is 1. The maximum Gasteiger partial charge on any atom is 0.122 e. The van der Waals surface area contributed by atoms with Gasteiger partial charge in [0.1, 0.15) is 18.5 Å². The van der Waals surface area contributed by atoms with E-state index < -0.39 is 6.10 Å². The van der Waals surface area contributed by atoms with Crippen LogP contribution in [-0.2, 0) is 5.41 Å². The highest BCUT2D eigenvalue weighted by molar-refractivity contribution is 5.38. The van der Waals surface area contributed by atoms with E-state index in [1.54, 1.807) is 0 Å². The highest BCUT2D eigenvalue weighted by Crippen LogP contribution is 2.27. The molecule has 1 N–H and O–H groups in total. The number of aliphatic hydroxyl groups is 1. The molecule has 1 unspecified atom stereocenters. The number of hydrogen-bond acceptors (Lipinski definition) is 4. The molecule has 1 aliphatic rings. The third-order valence-electron chi connectivity index (χ3n) is 4.85. The summed E-state index contributed by atoms with van der Waals surface area (Å²) in [5, 5.41) is 10.3. The molecule has 0 radical (unpaired) electrons. The van der Waals surface area contributed by atoms with Crippen LogP contribution in [0.4, 0.5) is 0 Å². The van der Waals surface area contributed by atoms with Crippen LogP contribution in [0.1, 0.15) is 38.8 Å². The van der Waals surface area contributed by atoms with Crippen molar-refractivity contribution >= 4 is 0 Å². The van der Waals surface area contributed by atoms with Gasteiger partial charge in [-0.05, 0) is 36.1 Å². The van der Waals surface area contributed by atoms with Gasteiger partial charge in [0, 0.05) is 32.7 Å². The molecule has 1 aromatic carbocycles.